The molecule has 1 aromatic heterocycles. The number of anilines is 1. The number of aromatic nitrogens is 2. The van der Waals surface area contributed by atoms with Crippen molar-refractivity contribution in [2.45, 2.75) is 13.7 Å². The van der Waals surface area contributed by atoms with Crippen molar-refractivity contribution >= 4 is 28.9 Å². The van der Waals surface area contributed by atoms with Crippen LogP contribution in [-0.4, -0.2) is 27.7 Å². The van der Waals surface area contributed by atoms with E-state index in [0.717, 1.165) is 5.56 Å². The molecular weight excluding hydrogens is 488 g/mol. The number of carbonyl (C=O) groups excluding carboxylic acids is 1. The van der Waals surface area contributed by atoms with Gasteiger partial charge in [0.1, 0.15) is 23.0 Å². The number of ether oxygens (including phenoxy) is 3. The third-order valence-corrected chi connectivity index (χ3v) is 5.28. The minimum Gasteiger partial charge on any atom is -0.497 e. The van der Waals surface area contributed by atoms with Crippen molar-refractivity contribution in [3.05, 3.63) is 99.3 Å². The zero-order valence-corrected chi connectivity index (χ0v) is 20.1. The summed E-state index contributed by atoms with van der Waals surface area (Å²) in [4.78, 5) is 23.6. The molecule has 1 amide bonds. The summed E-state index contributed by atoms with van der Waals surface area (Å²) < 4.78 is 18.0. The summed E-state index contributed by atoms with van der Waals surface area (Å²) in [6.45, 7) is 1.95. The second kappa shape index (κ2) is 10.8. The molecule has 0 aliphatic carbocycles. The number of nitrogens with zero attached hydrogens (tertiary/aromatic N) is 3. The fraction of sp³-hybridized carbons (Fsp3) is 0.120. The highest BCUT2D eigenvalue weighted by Gasteiger charge is 2.16. The van der Waals surface area contributed by atoms with Crippen LogP contribution in [0.4, 0.5) is 11.4 Å². The number of benzene rings is 3. The van der Waals surface area contributed by atoms with E-state index in [0.29, 0.717) is 22.3 Å². The normalized spacial score (nSPS) is 10.5. The van der Waals surface area contributed by atoms with Gasteiger partial charge < -0.3 is 19.5 Å². The minimum absolute atomic E-state index is 0.0348. The first-order valence-electron chi connectivity index (χ1n) is 10.7. The van der Waals surface area contributed by atoms with Gasteiger partial charge in [0.2, 0.25) is 0 Å². The molecular formula is C25H21ClN4O6. The number of nitrogens with one attached hydrogen (secondary N) is 1. The fourth-order valence-electron chi connectivity index (χ4n) is 3.21. The van der Waals surface area contributed by atoms with Crippen molar-refractivity contribution in [2.75, 3.05) is 12.4 Å². The monoisotopic (exact) mass is 508 g/mol. The van der Waals surface area contributed by atoms with Gasteiger partial charge >= 0.3 is 0 Å². The molecule has 3 aromatic carbocycles. The molecule has 0 aliphatic heterocycles. The van der Waals surface area contributed by atoms with Gasteiger partial charge in [0.15, 0.2) is 12.4 Å². The molecule has 11 heteroatoms. The van der Waals surface area contributed by atoms with Crippen molar-refractivity contribution in [3.8, 4) is 23.0 Å². The lowest BCUT2D eigenvalue weighted by molar-refractivity contribution is -0.384. The lowest BCUT2D eigenvalue weighted by Gasteiger charge is -2.10. The predicted molar refractivity (Wildman–Crippen MR) is 133 cm³/mol. The Labute approximate surface area is 211 Å². The van der Waals surface area contributed by atoms with Crippen LogP contribution in [0.15, 0.2) is 72.9 Å². The highest BCUT2D eigenvalue weighted by Crippen LogP contribution is 2.31. The molecule has 184 valence electrons. The summed E-state index contributed by atoms with van der Waals surface area (Å²) in [5.74, 6) is 1.21. The Bertz CT molecular complexity index is 1400. The first kappa shape index (κ1) is 24.6. The molecule has 1 N–H and O–H groups in total. The number of hydrogen-bond donors (Lipinski definition) is 1. The van der Waals surface area contributed by atoms with Crippen molar-refractivity contribution in [3.63, 3.8) is 0 Å². The van der Waals surface area contributed by atoms with Crippen molar-refractivity contribution in [1.29, 1.82) is 0 Å². The van der Waals surface area contributed by atoms with Crippen LogP contribution < -0.4 is 19.5 Å². The molecule has 0 radical (unpaired) electrons. The van der Waals surface area contributed by atoms with Crippen LogP contribution in [0.5, 0.6) is 23.0 Å². The highest BCUT2D eigenvalue weighted by atomic mass is 35.5. The quantitative estimate of drug-likeness (QED) is 0.223. The van der Waals surface area contributed by atoms with E-state index >= 15 is 0 Å². The summed E-state index contributed by atoms with van der Waals surface area (Å²) in [5, 5.41) is 18.7. The lowest BCUT2D eigenvalue weighted by atomic mass is 10.2. The third kappa shape index (κ3) is 6.10. The maximum atomic E-state index is 12.7. The van der Waals surface area contributed by atoms with Crippen LogP contribution in [0.1, 0.15) is 16.1 Å². The number of rotatable bonds is 9. The number of carbonyl (C=O) groups is 1. The highest BCUT2D eigenvalue weighted by molar-refractivity contribution is 6.32. The number of non-ortho nitro benzene ring substituents is 1. The lowest BCUT2D eigenvalue weighted by Crippen LogP contribution is -2.14. The van der Waals surface area contributed by atoms with E-state index in [-0.39, 0.29) is 29.5 Å². The van der Waals surface area contributed by atoms with E-state index in [1.54, 1.807) is 49.7 Å². The van der Waals surface area contributed by atoms with Crippen molar-refractivity contribution < 1.29 is 23.9 Å². The zero-order chi connectivity index (χ0) is 25.7. The van der Waals surface area contributed by atoms with Gasteiger partial charge in [-0.3, -0.25) is 14.9 Å². The van der Waals surface area contributed by atoms with Gasteiger partial charge in [0.25, 0.3) is 11.6 Å². The fourth-order valence-corrected chi connectivity index (χ4v) is 3.38. The number of aryl methyl sites for hydroxylation is 1. The molecule has 0 atom stereocenters. The standard InChI is InChI=1S/C25H21ClN4O6/c1-16-3-8-22(26)24(11-16)35-15-29-10-9-23(28-29)25(31)27-17-12-18(30(32)33)14-21(13-17)36-20-6-4-19(34-2)5-7-20/h3-14H,15H2,1-2H3,(H,27,31). The van der Waals surface area contributed by atoms with E-state index < -0.39 is 10.8 Å². The van der Waals surface area contributed by atoms with Crippen LogP contribution in [0.3, 0.4) is 0 Å². The van der Waals surface area contributed by atoms with E-state index in [4.69, 9.17) is 25.8 Å². The second-order valence-electron chi connectivity index (χ2n) is 7.65. The Morgan fingerprint density at radius 2 is 1.81 bits per heavy atom. The van der Waals surface area contributed by atoms with Crippen LogP contribution >= 0.6 is 11.6 Å². The number of methoxy groups -OCH3 is 1. The van der Waals surface area contributed by atoms with Gasteiger partial charge in [-0.1, -0.05) is 17.7 Å². The number of nitro benzene ring substituents is 1. The Kier molecular flexibility index (Phi) is 7.36. The third-order valence-electron chi connectivity index (χ3n) is 4.97. The SMILES string of the molecule is COc1ccc(Oc2cc(NC(=O)c3ccn(COc4cc(C)ccc4Cl)n3)cc([N+](=O)[O-])c2)cc1. The Hall–Kier alpha value is -4.57. The van der Waals surface area contributed by atoms with E-state index in [1.807, 2.05) is 13.0 Å². The summed E-state index contributed by atoms with van der Waals surface area (Å²) >= 11 is 6.14. The van der Waals surface area contributed by atoms with Crippen molar-refractivity contribution in [1.82, 2.24) is 9.78 Å². The molecule has 4 aromatic rings. The van der Waals surface area contributed by atoms with E-state index in [2.05, 4.69) is 10.4 Å². The summed E-state index contributed by atoms with van der Waals surface area (Å²) in [6.07, 6.45) is 1.57. The number of halogens is 1. The van der Waals surface area contributed by atoms with Gasteiger partial charge in [0.05, 0.1) is 28.8 Å². The molecule has 0 fully saturated rings. The van der Waals surface area contributed by atoms with Crippen molar-refractivity contribution in [2.24, 2.45) is 0 Å². The van der Waals surface area contributed by atoms with Gasteiger partial charge in [-0.2, -0.15) is 5.10 Å². The summed E-state index contributed by atoms with van der Waals surface area (Å²) in [6, 6.07) is 17.6. The zero-order valence-electron chi connectivity index (χ0n) is 19.3. The smallest absolute Gasteiger partial charge is 0.276 e. The maximum Gasteiger partial charge on any atom is 0.276 e. The minimum atomic E-state index is -0.570. The van der Waals surface area contributed by atoms with Gasteiger partial charge in [-0.25, -0.2) is 4.68 Å². The number of amides is 1. The van der Waals surface area contributed by atoms with Crippen LogP contribution in [-0.2, 0) is 6.73 Å². The second-order valence-corrected chi connectivity index (χ2v) is 8.06. The largest absolute Gasteiger partial charge is 0.497 e. The first-order valence-corrected chi connectivity index (χ1v) is 11.0. The molecule has 10 nitrogen and oxygen atoms in total. The Morgan fingerprint density at radius 3 is 2.53 bits per heavy atom. The summed E-state index contributed by atoms with van der Waals surface area (Å²) in [7, 11) is 1.54. The summed E-state index contributed by atoms with van der Waals surface area (Å²) in [5.41, 5.74) is 1.01. The van der Waals surface area contributed by atoms with Crippen LogP contribution in [0.2, 0.25) is 5.02 Å². The first-order chi connectivity index (χ1) is 17.3. The van der Waals surface area contributed by atoms with Crippen LogP contribution in [0, 0.1) is 17.0 Å². The van der Waals surface area contributed by atoms with Gasteiger partial charge in [-0.15, -0.1) is 0 Å². The molecule has 0 bridgehead atoms. The number of hydrogen-bond acceptors (Lipinski definition) is 7. The molecule has 0 saturated heterocycles. The Balaban J connectivity index is 1.46. The molecule has 36 heavy (non-hydrogen) atoms. The molecule has 0 saturated carbocycles. The van der Waals surface area contributed by atoms with Crippen LogP contribution in [0.25, 0.3) is 0 Å². The Morgan fingerprint density at radius 1 is 1.06 bits per heavy atom. The topological polar surface area (TPSA) is 118 Å². The molecule has 0 spiro atoms. The van der Waals surface area contributed by atoms with Gasteiger partial charge in [0, 0.05) is 18.3 Å². The average Bonchev–Trinajstić information content (AvgIpc) is 3.34. The molecule has 0 unspecified atom stereocenters. The molecule has 1 heterocycles. The van der Waals surface area contributed by atoms with E-state index in [1.165, 1.54) is 28.9 Å². The molecule has 0 aliphatic rings. The predicted octanol–water partition coefficient (Wildman–Crippen LogP) is 5.84. The maximum absolute atomic E-state index is 12.7. The van der Waals surface area contributed by atoms with Gasteiger partial charge in [-0.05, 0) is 55.0 Å². The molecule has 4 rings (SSSR count). The number of nitro groups is 1. The average molecular weight is 509 g/mol. The van der Waals surface area contributed by atoms with E-state index in [9.17, 15) is 14.9 Å².